The van der Waals surface area contributed by atoms with E-state index in [2.05, 4.69) is 36.7 Å². The maximum atomic E-state index is 12.9. The van der Waals surface area contributed by atoms with Crippen LogP contribution in [0.2, 0.25) is 0 Å². The Balaban J connectivity index is 1.39. The highest BCUT2D eigenvalue weighted by Crippen LogP contribution is 2.33. The zero-order chi connectivity index (χ0) is 16.4. The molecule has 2 saturated heterocycles. The lowest BCUT2D eigenvalue weighted by Gasteiger charge is -2.29. The van der Waals surface area contributed by atoms with E-state index in [4.69, 9.17) is 0 Å². The van der Waals surface area contributed by atoms with Crippen molar-refractivity contribution in [1.82, 2.24) is 24.6 Å². The van der Waals surface area contributed by atoms with Gasteiger partial charge in [-0.2, -0.15) is 16.4 Å². The van der Waals surface area contributed by atoms with Gasteiger partial charge in [0, 0.05) is 12.6 Å². The van der Waals surface area contributed by atoms with Crippen LogP contribution >= 0.6 is 11.3 Å². The third-order valence-corrected chi connectivity index (χ3v) is 5.90. The topological polar surface area (TPSA) is 54.3 Å². The normalized spacial score (nSPS) is 24.8. The number of amides is 1. The molecular weight excluding hydrogens is 322 g/mol. The fourth-order valence-electron chi connectivity index (χ4n) is 3.99. The van der Waals surface area contributed by atoms with Crippen molar-refractivity contribution in [2.24, 2.45) is 0 Å². The molecule has 2 aromatic rings. The van der Waals surface area contributed by atoms with Crippen LogP contribution in [0.1, 0.15) is 37.3 Å². The number of carbonyl (C=O) groups excluding carboxylic acids is 1. The number of likely N-dealkylation sites (tertiary alicyclic amines) is 2. The Bertz CT molecular complexity index is 657. The van der Waals surface area contributed by atoms with E-state index in [1.807, 2.05) is 4.68 Å². The van der Waals surface area contributed by atoms with Crippen LogP contribution in [-0.4, -0.2) is 56.1 Å². The summed E-state index contributed by atoms with van der Waals surface area (Å²) in [5.41, 5.74) is 1.30. The number of rotatable bonds is 5. The molecule has 7 heteroatoms. The van der Waals surface area contributed by atoms with Gasteiger partial charge < -0.3 is 4.90 Å². The second-order valence-corrected chi connectivity index (χ2v) is 7.47. The number of carbonyl (C=O) groups is 1. The van der Waals surface area contributed by atoms with Gasteiger partial charge in [0.2, 0.25) is 5.91 Å². The second-order valence-electron chi connectivity index (χ2n) is 6.69. The fraction of sp³-hybridized carbons (Fsp3) is 0.588. The Kier molecular flexibility index (Phi) is 4.62. The molecule has 0 N–H and O–H groups in total. The summed E-state index contributed by atoms with van der Waals surface area (Å²) in [5, 5.41) is 8.48. The first-order valence-corrected chi connectivity index (χ1v) is 9.63. The molecule has 0 spiro atoms. The minimum absolute atomic E-state index is 0.272. The van der Waals surface area contributed by atoms with Gasteiger partial charge in [0.15, 0.2) is 0 Å². The minimum Gasteiger partial charge on any atom is -0.335 e. The zero-order valence-corrected chi connectivity index (χ0v) is 14.6. The first-order chi connectivity index (χ1) is 11.8. The van der Waals surface area contributed by atoms with Crippen molar-refractivity contribution >= 4 is 17.2 Å². The highest BCUT2D eigenvalue weighted by molar-refractivity contribution is 7.07. The summed E-state index contributed by atoms with van der Waals surface area (Å²) < 4.78 is 1.87. The summed E-state index contributed by atoms with van der Waals surface area (Å²) in [7, 11) is 0. The molecule has 2 aliphatic heterocycles. The van der Waals surface area contributed by atoms with E-state index in [-0.39, 0.29) is 11.9 Å². The summed E-state index contributed by atoms with van der Waals surface area (Å²) in [6.45, 7) is 3.24. The van der Waals surface area contributed by atoms with Crippen molar-refractivity contribution < 1.29 is 4.79 Å². The van der Waals surface area contributed by atoms with E-state index in [1.54, 1.807) is 24.0 Å². The van der Waals surface area contributed by atoms with Gasteiger partial charge in [-0.3, -0.25) is 14.4 Å². The van der Waals surface area contributed by atoms with Gasteiger partial charge in [0.05, 0.1) is 19.1 Å². The lowest BCUT2D eigenvalue weighted by molar-refractivity contribution is -0.133. The Morgan fingerprint density at radius 2 is 2.21 bits per heavy atom. The lowest BCUT2D eigenvalue weighted by Crippen LogP contribution is -2.43. The Hall–Kier alpha value is -1.73. The summed E-state index contributed by atoms with van der Waals surface area (Å²) >= 11 is 1.71. The maximum absolute atomic E-state index is 12.9. The van der Waals surface area contributed by atoms with Crippen molar-refractivity contribution in [2.75, 3.05) is 19.6 Å². The van der Waals surface area contributed by atoms with E-state index in [0.717, 1.165) is 45.3 Å². The predicted octanol–water partition coefficient (Wildman–Crippen LogP) is 2.17. The summed E-state index contributed by atoms with van der Waals surface area (Å²) in [6, 6.07) is 2.82. The number of thiophene rings is 1. The van der Waals surface area contributed by atoms with Crippen LogP contribution in [-0.2, 0) is 11.3 Å². The third-order valence-electron chi connectivity index (χ3n) is 5.20. The van der Waals surface area contributed by atoms with Gasteiger partial charge in [-0.25, -0.2) is 4.98 Å². The van der Waals surface area contributed by atoms with Crippen LogP contribution in [0.3, 0.4) is 0 Å². The molecule has 2 aromatic heterocycles. The molecule has 2 fully saturated rings. The average Bonchev–Trinajstić information content (AvgIpc) is 3.37. The van der Waals surface area contributed by atoms with E-state index in [0.29, 0.717) is 12.6 Å². The van der Waals surface area contributed by atoms with Crippen molar-refractivity contribution in [3.05, 3.63) is 35.0 Å². The van der Waals surface area contributed by atoms with E-state index < -0.39 is 0 Å². The van der Waals surface area contributed by atoms with Crippen molar-refractivity contribution in [3.8, 4) is 0 Å². The molecular formula is C17H23N5OS. The third kappa shape index (κ3) is 3.23. The number of hydrogen-bond acceptors (Lipinski definition) is 5. The lowest BCUT2D eigenvalue weighted by atomic mass is 10.1. The largest absolute Gasteiger partial charge is 0.335 e. The van der Waals surface area contributed by atoms with Crippen LogP contribution in [0, 0.1) is 0 Å². The molecule has 2 aliphatic rings. The monoisotopic (exact) mass is 345 g/mol. The molecule has 0 aliphatic carbocycles. The highest BCUT2D eigenvalue weighted by atomic mass is 32.1. The molecule has 4 rings (SSSR count). The zero-order valence-electron chi connectivity index (χ0n) is 13.8. The van der Waals surface area contributed by atoms with Crippen LogP contribution in [0.5, 0.6) is 0 Å². The maximum Gasteiger partial charge on any atom is 0.237 e. The van der Waals surface area contributed by atoms with Gasteiger partial charge in [-0.1, -0.05) is 0 Å². The fourth-order valence-corrected chi connectivity index (χ4v) is 4.70. The number of aromatic nitrogens is 3. The molecule has 1 amide bonds. The molecule has 24 heavy (non-hydrogen) atoms. The Morgan fingerprint density at radius 3 is 3.00 bits per heavy atom. The van der Waals surface area contributed by atoms with Crippen LogP contribution in [0.4, 0.5) is 0 Å². The molecule has 4 heterocycles. The number of nitrogens with zero attached hydrogens (tertiary/aromatic N) is 5. The Morgan fingerprint density at radius 1 is 1.29 bits per heavy atom. The van der Waals surface area contributed by atoms with Crippen molar-refractivity contribution in [2.45, 2.75) is 44.3 Å². The smallest absolute Gasteiger partial charge is 0.237 e. The molecule has 0 saturated carbocycles. The number of hydrogen-bond donors (Lipinski definition) is 0. The van der Waals surface area contributed by atoms with Crippen molar-refractivity contribution in [3.63, 3.8) is 0 Å². The SMILES string of the molecule is O=C(CN1CCC[C@H]1Cn1cncn1)N1CCC[C@H]1c1ccsc1. The summed E-state index contributed by atoms with van der Waals surface area (Å²) in [6.07, 6.45) is 7.80. The van der Waals surface area contributed by atoms with Crippen LogP contribution in [0.25, 0.3) is 0 Å². The minimum atomic E-state index is 0.272. The quantitative estimate of drug-likeness (QED) is 0.833. The first-order valence-electron chi connectivity index (χ1n) is 8.69. The van der Waals surface area contributed by atoms with Gasteiger partial charge in [-0.05, 0) is 54.6 Å². The van der Waals surface area contributed by atoms with Crippen LogP contribution in [0.15, 0.2) is 29.5 Å². The van der Waals surface area contributed by atoms with Gasteiger partial charge >= 0.3 is 0 Å². The Labute approximate surface area is 146 Å². The summed E-state index contributed by atoms with van der Waals surface area (Å²) in [5.74, 6) is 0.272. The van der Waals surface area contributed by atoms with Gasteiger partial charge in [-0.15, -0.1) is 0 Å². The molecule has 128 valence electrons. The van der Waals surface area contributed by atoms with E-state index in [1.165, 1.54) is 5.56 Å². The highest BCUT2D eigenvalue weighted by Gasteiger charge is 2.33. The second kappa shape index (κ2) is 7.03. The molecule has 6 nitrogen and oxygen atoms in total. The molecule has 0 radical (unpaired) electrons. The molecule has 2 atom stereocenters. The standard InChI is InChI=1S/C17H23N5OS/c23-17(22-7-2-4-16(22)14-5-8-24-11-14)10-20-6-1-3-15(20)9-21-13-18-12-19-21/h5,8,11-13,15-16H,1-4,6-7,9-10H2/t15-,16-/m0/s1. The van der Waals surface area contributed by atoms with Crippen LogP contribution < -0.4 is 0 Å². The van der Waals surface area contributed by atoms with E-state index in [9.17, 15) is 4.79 Å². The first kappa shape index (κ1) is 15.8. The molecule has 0 bridgehead atoms. The van der Waals surface area contributed by atoms with E-state index >= 15 is 0 Å². The summed E-state index contributed by atoms with van der Waals surface area (Å²) in [4.78, 5) is 21.3. The molecule has 0 unspecified atom stereocenters. The predicted molar refractivity (Wildman–Crippen MR) is 92.6 cm³/mol. The van der Waals surface area contributed by atoms with Gasteiger partial charge in [0.1, 0.15) is 12.7 Å². The van der Waals surface area contributed by atoms with Gasteiger partial charge in [0.25, 0.3) is 0 Å². The average molecular weight is 345 g/mol. The van der Waals surface area contributed by atoms with Crippen molar-refractivity contribution in [1.29, 1.82) is 0 Å². The molecule has 0 aromatic carbocycles.